The molecule has 0 fully saturated rings. The summed E-state index contributed by atoms with van der Waals surface area (Å²) in [7, 11) is 0.0813. The molecule has 0 radical (unpaired) electrons. The molecule has 25 heavy (non-hydrogen) atoms. The van der Waals surface area contributed by atoms with Crippen molar-refractivity contribution >= 4 is 56.8 Å². The van der Waals surface area contributed by atoms with Gasteiger partial charge in [0.2, 0.25) is 5.12 Å². The number of alkyl halides is 3. The summed E-state index contributed by atoms with van der Waals surface area (Å²) in [6, 6.07) is 8.51. The van der Waals surface area contributed by atoms with Crippen molar-refractivity contribution in [3.63, 3.8) is 0 Å². The van der Waals surface area contributed by atoms with Crippen LogP contribution in [0.3, 0.4) is 0 Å². The van der Waals surface area contributed by atoms with Gasteiger partial charge in [-0.3, -0.25) is 4.79 Å². The topological polar surface area (TPSA) is 26.3 Å². The van der Waals surface area contributed by atoms with Gasteiger partial charge in [-0.15, -0.1) is 0 Å². The molecule has 1 atom stereocenters. The van der Waals surface area contributed by atoms with Gasteiger partial charge in [0.25, 0.3) is 0 Å². The maximum absolute atomic E-state index is 13.6. The molecule has 0 aliphatic carbocycles. The molecule has 0 saturated carbocycles. The first-order chi connectivity index (χ1) is 11.8. The summed E-state index contributed by atoms with van der Waals surface area (Å²) >= 11 is 0.948. The van der Waals surface area contributed by atoms with Gasteiger partial charge in [-0.05, 0) is 60.9 Å². The molecule has 1 unspecified atom stereocenters. The van der Waals surface area contributed by atoms with Crippen LogP contribution >= 0.6 is 19.8 Å². The van der Waals surface area contributed by atoms with Crippen molar-refractivity contribution in [2.24, 2.45) is 0 Å². The van der Waals surface area contributed by atoms with Gasteiger partial charge >= 0.3 is 5.51 Å². The number of carbonyl (C=O) groups excluding carboxylic acids is 1. The van der Waals surface area contributed by atoms with Crippen molar-refractivity contribution in [1.82, 2.24) is 0 Å². The number of halogens is 4. The molecule has 1 aliphatic rings. The molecular formula is C16H7F4O2PS2. The summed E-state index contributed by atoms with van der Waals surface area (Å²) in [4.78, 5) is 12.7. The van der Waals surface area contributed by atoms with Gasteiger partial charge in [-0.1, -0.05) is 6.07 Å². The Morgan fingerprint density at radius 1 is 1.08 bits per heavy atom. The van der Waals surface area contributed by atoms with E-state index in [2.05, 4.69) is 8.02 Å². The third kappa shape index (κ3) is 2.72. The second-order valence-corrected chi connectivity index (χ2v) is 8.55. The zero-order valence-corrected chi connectivity index (χ0v) is 14.7. The molecule has 1 aliphatic heterocycles. The first-order valence-electron chi connectivity index (χ1n) is 6.87. The molecule has 3 aromatic rings. The Morgan fingerprint density at radius 2 is 1.84 bits per heavy atom. The highest BCUT2D eigenvalue weighted by Crippen LogP contribution is 2.48. The number of hydrogen-bond donors (Lipinski definition) is 0. The van der Waals surface area contributed by atoms with Crippen molar-refractivity contribution in [3.05, 3.63) is 47.8 Å². The van der Waals surface area contributed by atoms with Gasteiger partial charge in [0.05, 0.1) is 0 Å². The van der Waals surface area contributed by atoms with E-state index in [9.17, 15) is 22.4 Å². The number of carbonyl (C=O) groups is 1. The van der Waals surface area contributed by atoms with Gasteiger partial charge < -0.3 is 4.18 Å². The molecule has 0 aromatic heterocycles. The van der Waals surface area contributed by atoms with Crippen molar-refractivity contribution in [2.45, 2.75) is 10.4 Å². The fraction of sp³-hybridized carbons (Fsp3) is 0.0625. The van der Waals surface area contributed by atoms with Crippen LogP contribution in [0.4, 0.5) is 17.6 Å². The van der Waals surface area contributed by atoms with E-state index in [-0.39, 0.29) is 10.9 Å². The average molecular weight is 402 g/mol. The zero-order chi connectivity index (χ0) is 17.9. The smallest absolute Gasteiger partial charge is 0.421 e. The van der Waals surface area contributed by atoms with Crippen molar-refractivity contribution in [3.8, 4) is 5.75 Å². The molecule has 3 aromatic carbocycles. The number of benzene rings is 3. The molecule has 0 N–H and O–H groups in total. The van der Waals surface area contributed by atoms with E-state index in [1.807, 2.05) is 0 Å². The van der Waals surface area contributed by atoms with Crippen molar-refractivity contribution in [1.29, 1.82) is 0 Å². The van der Waals surface area contributed by atoms with Gasteiger partial charge in [0.1, 0.15) is 21.9 Å². The molecule has 9 heteroatoms. The Labute approximate surface area is 147 Å². The highest BCUT2D eigenvalue weighted by atomic mass is 32.5. The molecule has 2 nitrogen and oxygen atoms in total. The maximum Gasteiger partial charge on any atom is 0.474 e. The number of hydrogen-bond acceptors (Lipinski definition) is 3. The summed E-state index contributed by atoms with van der Waals surface area (Å²) in [5.41, 5.74) is -4.18. The summed E-state index contributed by atoms with van der Waals surface area (Å²) < 4.78 is 57.1. The first kappa shape index (κ1) is 16.8. The van der Waals surface area contributed by atoms with Crippen LogP contribution in [0, 0.1) is 5.82 Å². The van der Waals surface area contributed by atoms with E-state index in [1.165, 1.54) is 30.3 Å². The largest absolute Gasteiger partial charge is 0.474 e. The predicted molar refractivity (Wildman–Crippen MR) is 94.0 cm³/mol. The van der Waals surface area contributed by atoms with Crippen LogP contribution in [0.5, 0.6) is 5.75 Å². The standard InChI is InChI=1S/C16H7F4O2PS2/c17-8-2-1-7-5-11-12(22-25(23)16(18,19)20)4-3-9-13(11)14(10(7)6-8)24-15(9)21/h1-6,23H. The third-order valence-corrected chi connectivity index (χ3v) is 6.53. The lowest BCUT2D eigenvalue weighted by Crippen LogP contribution is -2.18. The lowest BCUT2D eigenvalue weighted by molar-refractivity contribution is -0.0391. The molecular weight excluding hydrogens is 395 g/mol. The van der Waals surface area contributed by atoms with E-state index < -0.39 is 21.7 Å². The Bertz CT molecular complexity index is 1100. The van der Waals surface area contributed by atoms with Gasteiger partial charge in [0, 0.05) is 21.2 Å². The fourth-order valence-electron chi connectivity index (χ4n) is 2.76. The predicted octanol–water partition coefficient (Wildman–Crippen LogP) is 5.87. The van der Waals surface area contributed by atoms with E-state index in [0.29, 0.717) is 32.0 Å². The maximum atomic E-state index is 13.6. The second-order valence-electron chi connectivity index (χ2n) is 5.29. The SMILES string of the molecule is O=C1Sc2c3cc(F)ccc3cc3c(OS(=P)C(F)(F)F)ccc1c23. The molecule has 1 heterocycles. The Kier molecular flexibility index (Phi) is 3.83. The Balaban J connectivity index is 2.02. The van der Waals surface area contributed by atoms with E-state index in [4.69, 9.17) is 4.18 Å². The molecule has 0 spiro atoms. The Hall–Kier alpha value is -1.63. The average Bonchev–Trinajstić information content (AvgIpc) is 2.87. The number of thioether (sulfide) groups is 1. The van der Waals surface area contributed by atoms with Crippen LogP contribution in [0.1, 0.15) is 10.4 Å². The molecule has 128 valence electrons. The lowest BCUT2D eigenvalue weighted by atomic mass is 9.99. The van der Waals surface area contributed by atoms with Crippen LogP contribution in [0.25, 0.3) is 21.5 Å². The number of fused-ring (bicyclic) bond motifs is 2. The van der Waals surface area contributed by atoms with Crippen LogP contribution in [-0.4, -0.2) is 10.6 Å². The van der Waals surface area contributed by atoms with Crippen molar-refractivity contribution in [2.75, 3.05) is 0 Å². The quantitative estimate of drug-likeness (QED) is 0.305. The minimum atomic E-state index is -4.56. The van der Waals surface area contributed by atoms with Crippen LogP contribution in [-0.2, 0) is 10.4 Å². The summed E-state index contributed by atoms with van der Waals surface area (Å²) in [6.07, 6.45) is 0. The fourth-order valence-corrected chi connectivity index (χ4v) is 4.53. The molecule has 0 amide bonds. The van der Waals surface area contributed by atoms with Crippen molar-refractivity contribution < 1.29 is 26.5 Å². The van der Waals surface area contributed by atoms with Crippen LogP contribution in [0.2, 0.25) is 0 Å². The monoisotopic (exact) mass is 402 g/mol. The molecule has 0 saturated heterocycles. The third-order valence-electron chi connectivity index (χ3n) is 3.79. The lowest BCUT2D eigenvalue weighted by Gasteiger charge is -2.15. The molecule has 4 rings (SSSR count). The first-order valence-corrected chi connectivity index (χ1v) is 10.1. The highest BCUT2D eigenvalue weighted by molar-refractivity contribution is 8.15. The molecule has 0 bridgehead atoms. The summed E-state index contributed by atoms with van der Waals surface area (Å²) in [5.74, 6) is -0.437. The normalized spacial score (nSPS) is 15.1. The van der Waals surface area contributed by atoms with E-state index in [0.717, 1.165) is 11.8 Å². The highest BCUT2D eigenvalue weighted by Gasteiger charge is 2.35. The summed E-state index contributed by atoms with van der Waals surface area (Å²) in [6.45, 7) is 0. The Morgan fingerprint density at radius 3 is 2.56 bits per heavy atom. The number of rotatable bonds is 2. The van der Waals surface area contributed by atoms with Gasteiger partial charge in [-0.25, -0.2) is 4.39 Å². The zero-order valence-electron chi connectivity index (χ0n) is 12.1. The van der Waals surface area contributed by atoms with E-state index >= 15 is 0 Å². The second kappa shape index (κ2) is 5.69. The van der Waals surface area contributed by atoms with E-state index in [1.54, 1.807) is 6.07 Å². The summed E-state index contributed by atoms with van der Waals surface area (Å²) in [5, 5.41) is 1.84. The minimum absolute atomic E-state index is 0.0113. The minimum Gasteiger partial charge on any atom is -0.421 e. The van der Waals surface area contributed by atoms with Crippen LogP contribution < -0.4 is 4.18 Å². The van der Waals surface area contributed by atoms with Crippen LogP contribution in [0.15, 0.2) is 41.3 Å². The van der Waals surface area contributed by atoms with Gasteiger partial charge in [0.15, 0.2) is 0 Å². The van der Waals surface area contributed by atoms with Gasteiger partial charge in [-0.2, -0.15) is 13.2 Å².